The van der Waals surface area contributed by atoms with Crippen LogP contribution in [-0.2, 0) is 12.8 Å². The van der Waals surface area contributed by atoms with Crippen molar-refractivity contribution >= 4 is 0 Å². The topological polar surface area (TPSA) is 26.0 Å². The Morgan fingerprint density at radius 2 is 1.52 bits per heavy atom. The van der Waals surface area contributed by atoms with Gasteiger partial charge in [0.25, 0.3) is 0 Å². The molecule has 2 aromatic carbocycles. The summed E-state index contributed by atoms with van der Waals surface area (Å²) in [5, 5.41) is 0. The molecule has 0 aliphatic heterocycles. The second-order valence-electron chi connectivity index (χ2n) is 6.62. The number of aryl methyl sites for hydroxylation is 1. The summed E-state index contributed by atoms with van der Waals surface area (Å²) in [5.74, 6) is 1.14. The highest BCUT2D eigenvalue weighted by molar-refractivity contribution is 5.32. The monoisotopic (exact) mass is 279 g/mol. The van der Waals surface area contributed by atoms with Crippen LogP contribution in [0.3, 0.4) is 0 Å². The van der Waals surface area contributed by atoms with Gasteiger partial charge >= 0.3 is 0 Å². The zero-order valence-corrected chi connectivity index (χ0v) is 13.0. The predicted molar refractivity (Wildman–Crippen MR) is 89.4 cm³/mol. The molecular weight excluding hydrogens is 254 g/mol. The number of fused-ring (bicyclic) bond motifs is 1. The van der Waals surface area contributed by atoms with E-state index in [1.807, 2.05) is 0 Å². The van der Waals surface area contributed by atoms with Crippen molar-refractivity contribution in [2.45, 2.75) is 45.1 Å². The van der Waals surface area contributed by atoms with Gasteiger partial charge in [-0.25, -0.2) is 0 Å². The summed E-state index contributed by atoms with van der Waals surface area (Å²) < 4.78 is 0. The first kappa shape index (κ1) is 14.3. The van der Waals surface area contributed by atoms with Crippen molar-refractivity contribution in [2.75, 3.05) is 0 Å². The van der Waals surface area contributed by atoms with Gasteiger partial charge in [-0.15, -0.1) is 0 Å². The van der Waals surface area contributed by atoms with Gasteiger partial charge in [-0.2, -0.15) is 0 Å². The van der Waals surface area contributed by atoms with Crippen LogP contribution in [0.25, 0.3) is 0 Å². The maximum Gasteiger partial charge on any atom is 0.0326 e. The zero-order valence-electron chi connectivity index (χ0n) is 13.0. The Balaban J connectivity index is 1.75. The van der Waals surface area contributed by atoms with Gasteiger partial charge in [-0.05, 0) is 53.4 Å². The lowest BCUT2D eigenvalue weighted by Crippen LogP contribution is -2.27. The van der Waals surface area contributed by atoms with E-state index in [-0.39, 0.29) is 6.04 Å². The first-order chi connectivity index (χ1) is 10.1. The van der Waals surface area contributed by atoms with E-state index in [9.17, 15) is 0 Å². The highest BCUT2D eigenvalue weighted by atomic mass is 14.7. The molecule has 0 radical (unpaired) electrons. The summed E-state index contributed by atoms with van der Waals surface area (Å²) in [6, 6.07) is 17.9. The molecular formula is C20H25N. The highest BCUT2D eigenvalue weighted by Gasteiger charge is 2.24. The Kier molecular flexibility index (Phi) is 4.12. The Morgan fingerprint density at radius 1 is 0.905 bits per heavy atom. The Bertz CT molecular complexity index is 597. The van der Waals surface area contributed by atoms with Crippen LogP contribution in [0.4, 0.5) is 0 Å². The lowest BCUT2D eigenvalue weighted by Gasteiger charge is -2.29. The molecule has 0 heterocycles. The third-order valence-electron chi connectivity index (χ3n) is 4.88. The van der Waals surface area contributed by atoms with Crippen LogP contribution >= 0.6 is 0 Å². The predicted octanol–water partition coefficient (Wildman–Crippen LogP) is 4.61. The van der Waals surface area contributed by atoms with Gasteiger partial charge in [-0.3, -0.25) is 0 Å². The van der Waals surface area contributed by atoms with Gasteiger partial charge in [-0.1, -0.05) is 62.4 Å². The molecule has 0 bridgehead atoms. The van der Waals surface area contributed by atoms with Crippen LogP contribution in [0.1, 0.15) is 54.5 Å². The van der Waals surface area contributed by atoms with Crippen molar-refractivity contribution in [2.24, 2.45) is 11.7 Å². The van der Waals surface area contributed by atoms with Crippen LogP contribution in [-0.4, -0.2) is 0 Å². The van der Waals surface area contributed by atoms with Crippen LogP contribution in [0.5, 0.6) is 0 Å². The molecule has 2 N–H and O–H groups in total. The van der Waals surface area contributed by atoms with E-state index in [1.54, 1.807) is 0 Å². The number of benzene rings is 2. The maximum absolute atomic E-state index is 6.55. The van der Waals surface area contributed by atoms with Crippen LogP contribution in [0.2, 0.25) is 0 Å². The molecule has 2 aromatic rings. The number of hydrogen-bond acceptors (Lipinski definition) is 1. The van der Waals surface area contributed by atoms with E-state index in [0.717, 1.165) is 6.42 Å². The normalized spacial score (nSPS) is 19.3. The van der Waals surface area contributed by atoms with Crippen molar-refractivity contribution in [3.8, 4) is 0 Å². The van der Waals surface area contributed by atoms with Crippen LogP contribution in [0, 0.1) is 5.92 Å². The molecule has 0 aromatic heterocycles. The third-order valence-corrected chi connectivity index (χ3v) is 4.88. The van der Waals surface area contributed by atoms with E-state index in [2.05, 4.69) is 62.4 Å². The minimum Gasteiger partial charge on any atom is -0.324 e. The minimum atomic E-state index is 0.152. The van der Waals surface area contributed by atoms with Crippen molar-refractivity contribution in [3.05, 3.63) is 70.8 Å². The van der Waals surface area contributed by atoms with Crippen molar-refractivity contribution in [1.29, 1.82) is 0 Å². The quantitative estimate of drug-likeness (QED) is 0.872. The molecule has 1 aliphatic rings. The van der Waals surface area contributed by atoms with Gasteiger partial charge < -0.3 is 5.73 Å². The van der Waals surface area contributed by atoms with E-state index in [4.69, 9.17) is 5.73 Å². The Labute approximate surface area is 128 Å². The highest BCUT2D eigenvalue weighted by Crippen LogP contribution is 2.33. The standard InChI is InChI=1S/C20H25N/c1-14(2)15-7-10-17(11-8-15)20(21)19-12-9-16-5-3-4-6-18(16)13-19/h3-8,10-11,14,19-20H,9,12-13,21H2,1-2H3. The minimum absolute atomic E-state index is 0.152. The molecule has 0 saturated carbocycles. The zero-order chi connectivity index (χ0) is 14.8. The largest absolute Gasteiger partial charge is 0.324 e. The number of hydrogen-bond donors (Lipinski definition) is 1. The second-order valence-corrected chi connectivity index (χ2v) is 6.62. The number of rotatable bonds is 3. The maximum atomic E-state index is 6.55. The molecule has 0 fully saturated rings. The van der Waals surface area contributed by atoms with Crippen molar-refractivity contribution in [3.63, 3.8) is 0 Å². The fourth-order valence-corrected chi connectivity index (χ4v) is 3.41. The fraction of sp³-hybridized carbons (Fsp3) is 0.400. The van der Waals surface area contributed by atoms with Gasteiger partial charge in [0.2, 0.25) is 0 Å². The molecule has 2 unspecified atom stereocenters. The van der Waals surface area contributed by atoms with E-state index >= 15 is 0 Å². The molecule has 0 amide bonds. The molecule has 110 valence electrons. The van der Waals surface area contributed by atoms with E-state index in [1.165, 1.54) is 35.1 Å². The lowest BCUT2D eigenvalue weighted by molar-refractivity contribution is 0.382. The SMILES string of the molecule is CC(C)c1ccc(C(N)C2CCc3ccccc3C2)cc1. The smallest absolute Gasteiger partial charge is 0.0326 e. The molecule has 3 rings (SSSR count). The summed E-state index contributed by atoms with van der Waals surface area (Å²) in [4.78, 5) is 0. The average Bonchev–Trinajstić information content (AvgIpc) is 2.54. The molecule has 0 saturated heterocycles. The summed E-state index contributed by atoms with van der Waals surface area (Å²) >= 11 is 0. The van der Waals surface area contributed by atoms with Gasteiger partial charge in [0.05, 0.1) is 0 Å². The lowest BCUT2D eigenvalue weighted by atomic mass is 9.78. The van der Waals surface area contributed by atoms with E-state index < -0.39 is 0 Å². The molecule has 1 heteroatoms. The molecule has 0 spiro atoms. The molecule has 21 heavy (non-hydrogen) atoms. The summed E-state index contributed by atoms with van der Waals surface area (Å²) in [6.07, 6.45) is 3.48. The molecule has 2 atom stereocenters. The number of nitrogens with two attached hydrogens (primary N) is 1. The average molecular weight is 279 g/mol. The first-order valence-electron chi connectivity index (χ1n) is 8.07. The third kappa shape index (κ3) is 3.03. The summed E-state index contributed by atoms with van der Waals surface area (Å²) in [5.41, 5.74) is 12.2. The van der Waals surface area contributed by atoms with Gasteiger partial charge in [0.1, 0.15) is 0 Å². The Morgan fingerprint density at radius 3 is 2.19 bits per heavy atom. The van der Waals surface area contributed by atoms with Crippen LogP contribution < -0.4 is 5.73 Å². The van der Waals surface area contributed by atoms with Gasteiger partial charge in [0.15, 0.2) is 0 Å². The second kappa shape index (κ2) is 6.03. The van der Waals surface area contributed by atoms with Gasteiger partial charge in [0, 0.05) is 6.04 Å². The summed E-state index contributed by atoms with van der Waals surface area (Å²) in [6.45, 7) is 4.46. The summed E-state index contributed by atoms with van der Waals surface area (Å²) in [7, 11) is 0. The Hall–Kier alpha value is -1.60. The van der Waals surface area contributed by atoms with Crippen molar-refractivity contribution in [1.82, 2.24) is 0 Å². The molecule has 1 aliphatic carbocycles. The first-order valence-corrected chi connectivity index (χ1v) is 8.07. The van der Waals surface area contributed by atoms with Crippen molar-refractivity contribution < 1.29 is 0 Å². The fourth-order valence-electron chi connectivity index (χ4n) is 3.41. The molecule has 1 nitrogen and oxygen atoms in total. The van der Waals surface area contributed by atoms with E-state index in [0.29, 0.717) is 11.8 Å². The van der Waals surface area contributed by atoms with Crippen LogP contribution in [0.15, 0.2) is 48.5 Å².